The van der Waals surface area contributed by atoms with Gasteiger partial charge in [-0.05, 0) is 12.3 Å². The van der Waals surface area contributed by atoms with Crippen LogP contribution in [0.5, 0.6) is 0 Å². The molecule has 0 bridgehead atoms. The first-order valence-corrected chi connectivity index (χ1v) is 3.96. The summed E-state index contributed by atoms with van der Waals surface area (Å²) < 4.78 is 2.03. The molecule has 11 heavy (non-hydrogen) atoms. The summed E-state index contributed by atoms with van der Waals surface area (Å²) in [7, 11) is 0. The molecule has 1 aromatic heterocycles. The second kappa shape index (κ2) is 2.34. The van der Waals surface area contributed by atoms with Crippen LogP contribution in [0.25, 0.3) is 0 Å². The highest BCUT2D eigenvalue weighted by Crippen LogP contribution is 2.26. The van der Waals surface area contributed by atoms with Crippen molar-refractivity contribution in [2.24, 2.45) is 5.92 Å². The highest BCUT2D eigenvalue weighted by Gasteiger charge is 2.22. The lowest BCUT2D eigenvalue weighted by Gasteiger charge is -2.24. The van der Waals surface area contributed by atoms with Gasteiger partial charge in [0.25, 0.3) is 0 Å². The van der Waals surface area contributed by atoms with E-state index >= 15 is 0 Å². The van der Waals surface area contributed by atoms with Crippen molar-refractivity contribution in [3.05, 3.63) is 18.2 Å². The maximum atomic E-state index is 9.54. The molecule has 2 atom stereocenters. The number of imidazole rings is 1. The molecule has 0 aliphatic carbocycles. The van der Waals surface area contributed by atoms with Gasteiger partial charge >= 0.3 is 0 Å². The zero-order chi connectivity index (χ0) is 7.84. The maximum absolute atomic E-state index is 9.54. The van der Waals surface area contributed by atoms with Crippen LogP contribution in [0.4, 0.5) is 0 Å². The summed E-state index contributed by atoms with van der Waals surface area (Å²) in [6, 6.07) is 0. The molecule has 2 heterocycles. The summed E-state index contributed by atoms with van der Waals surface area (Å²) in [5, 5.41) is 9.54. The van der Waals surface area contributed by atoms with E-state index in [1.165, 1.54) is 0 Å². The van der Waals surface area contributed by atoms with E-state index in [9.17, 15) is 5.11 Å². The van der Waals surface area contributed by atoms with Crippen molar-refractivity contribution < 1.29 is 5.11 Å². The van der Waals surface area contributed by atoms with Crippen LogP contribution in [-0.4, -0.2) is 14.7 Å². The second-order valence-corrected chi connectivity index (χ2v) is 3.29. The first-order chi connectivity index (χ1) is 5.27. The number of rotatable bonds is 0. The standard InChI is InChI=1S/C8H12N2O/c1-6-4-7(11)8-9-2-3-10(8)5-6/h2-3,6-7,11H,4-5H2,1H3. The maximum Gasteiger partial charge on any atom is 0.137 e. The molecular weight excluding hydrogens is 140 g/mol. The lowest BCUT2D eigenvalue weighted by Crippen LogP contribution is -2.21. The first kappa shape index (κ1) is 6.85. The van der Waals surface area contributed by atoms with E-state index in [-0.39, 0.29) is 6.10 Å². The molecule has 2 rings (SSSR count). The number of fused-ring (bicyclic) bond motifs is 1. The average molecular weight is 152 g/mol. The summed E-state index contributed by atoms with van der Waals surface area (Å²) in [5.74, 6) is 1.38. The summed E-state index contributed by atoms with van der Waals surface area (Å²) in [6.07, 6.45) is 4.16. The Balaban J connectivity index is 2.36. The van der Waals surface area contributed by atoms with Gasteiger partial charge in [0, 0.05) is 18.9 Å². The molecule has 0 aromatic carbocycles. The Morgan fingerprint density at radius 2 is 2.55 bits per heavy atom. The Labute approximate surface area is 65.7 Å². The third-order valence-electron chi connectivity index (χ3n) is 2.18. The van der Waals surface area contributed by atoms with Gasteiger partial charge in [0.15, 0.2) is 0 Å². The molecule has 3 heteroatoms. The van der Waals surface area contributed by atoms with Gasteiger partial charge in [0.1, 0.15) is 11.9 Å². The Morgan fingerprint density at radius 1 is 1.73 bits per heavy atom. The van der Waals surface area contributed by atoms with Crippen molar-refractivity contribution in [1.82, 2.24) is 9.55 Å². The molecule has 0 fully saturated rings. The minimum absolute atomic E-state index is 0.353. The molecule has 2 unspecified atom stereocenters. The van der Waals surface area contributed by atoms with Crippen molar-refractivity contribution in [2.75, 3.05) is 0 Å². The zero-order valence-electron chi connectivity index (χ0n) is 6.57. The van der Waals surface area contributed by atoms with Crippen LogP contribution in [0.1, 0.15) is 25.3 Å². The smallest absolute Gasteiger partial charge is 0.137 e. The topological polar surface area (TPSA) is 38.1 Å². The second-order valence-electron chi connectivity index (χ2n) is 3.29. The third-order valence-corrected chi connectivity index (χ3v) is 2.18. The first-order valence-electron chi connectivity index (χ1n) is 3.96. The van der Waals surface area contributed by atoms with Crippen molar-refractivity contribution >= 4 is 0 Å². The number of aliphatic hydroxyl groups is 1. The number of aliphatic hydroxyl groups excluding tert-OH is 1. The highest BCUT2D eigenvalue weighted by molar-refractivity contribution is 5.00. The van der Waals surface area contributed by atoms with Crippen molar-refractivity contribution in [1.29, 1.82) is 0 Å². The van der Waals surface area contributed by atoms with E-state index in [0.29, 0.717) is 5.92 Å². The molecule has 1 aliphatic rings. The van der Waals surface area contributed by atoms with Crippen molar-refractivity contribution in [2.45, 2.75) is 26.0 Å². The van der Waals surface area contributed by atoms with Gasteiger partial charge in [0.05, 0.1) is 0 Å². The van der Waals surface area contributed by atoms with Crippen LogP contribution in [0.3, 0.4) is 0 Å². The molecule has 0 saturated carbocycles. The van der Waals surface area contributed by atoms with E-state index < -0.39 is 0 Å². The Bertz CT molecular complexity index is 256. The lowest BCUT2D eigenvalue weighted by atomic mass is 10.00. The minimum atomic E-state index is -0.353. The number of hydrogen-bond donors (Lipinski definition) is 1. The summed E-state index contributed by atoms with van der Waals surface area (Å²) >= 11 is 0. The molecule has 0 radical (unpaired) electrons. The van der Waals surface area contributed by atoms with E-state index in [1.54, 1.807) is 6.20 Å². The lowest BCUT2D eigenvalue weighted by molar-refractivity contribution is 0.109. The van der Waals surface area contributed by atoms with Crippen LogP contribution in [-0.2, 0) is 6.54 Å². The van der Waals surface area contributed by atoms with Gasteiger partial charge < -0.3 is 9.67 Å². The van der Waals surface area contributed by atoms with E-state index in [1.807, 2.05) is 10.8 Å². The van der Waals surface area contributed by atoms with E-state index in [4.69, 9.17) is 0 Å². The van der Waals surface area contributed by atoms with Gasteiger partial charge in [0.2, 0.25) is 0 Å². The normalized spacial score (nSPS) is 30.0. The Kier molecular flexibility index (Phi) is 1.46. The van der Waals surface area contributed by atoms with Gasteiger partial charge in [-0.1, -0.05) is 6.92 Å². The van der Waals surface area contributed by atoms with Gasteiger partial charge in [-0.3, -0.25) is 0 Å². The fraction of sp³-hybridized carbons (Fsp3) is 0.625. The molecule has 1 aliphatic heterocycles. The summed E-state index contributed by atoms with van der Waals surface area (Å²) in [4.78, 5) is 4.09. The van der Waals surface area contributed by atoms with Crippen molar-refractivity contribution in [3.8, 4) is 0 Å². The number of hydrogen-bond acceptors (Lipinski definition) is 2. The van der Waals surface area contributed by atoms with Crippen molar-refractivity contribution in [3.63, 3.8) is 0 Å². The zero-order valence-corrected chi connectivity index (χ0v) is 6.57. The molecular formula is C8H12N2O. The molecule has 0 saturated heterocycles. The highest BCUT2D eigenvalue weighted by atomic mass is 16.3. The third kappa shape index (κ3) is 1.05. The number of aromatic nitrogens is 2. The fourth-order valence-electron chi connectivity index (χ4n) is 1.67. The van der Waals surface area contributed by atoms with Gasteiger partial charge in [-0.2, -0.15) is 0 Å². The van der Waals surface area contributed by atoms with Crippen LogP contribution >= 0.6 is 0 Å². The van der Waals surface area contributed by atoms with Crippen LogP contribution in [0.15, 0.2) is 12.4 Å². The van der Waals surface area contributed by atoms with Gasteiger partial charge in [-0.25, -0.2) is 4.98 Å². The monoisotopic (exact) mass is 152 g/mol. The molecule has 1 aromatic rings. The van der Waals surface area contributed by atoms with Crippen LogP contribution < -0.4 is 0 Å². The van der Waals surface area contributed by atoms with Crippen LogP contribution in [0.2, 0.25) is 0 Å². The van der Waals surface area contributed by atoms with Gasteiger partial charge in [-0.15, -0.1) is 0 Å². The molecule has 60 valence electrons. The molecule has 1 N–H and O–H groups in total. The largest absolute Gasteiger partial charge is 0.385 e. The Hall–Kier alpha value is -0.830. The average Bonchev–Trinajstić information content (AvgIpc) is 2.34. The predicted octanol–water partition coefficient (Wildman–Crippen LogP) is 0.956. The van der Waals surface area contributed by atoms with Crippen LogP contribution in [0, 0.1) is 5.92 Å². The summed E-state index contributed by atoms with van der Waals surface area (Å²) in [5.41, 5.74) is 0. The predicted molar refractivity (Wildman–Crippen MR) is 41.0 cm³/mol. The minimum Gasteiger partial charge on any atom is -0.385 e. The summed E-state index contributed by atoms with van der Waals surface area (Å²) in [6.45, 7) is 3.14. The quantitative estimate of drug-likeness (QED) is 0.601. The SMILES string of the molecule is CC1CC(O)c2nccn2C1. The molecule has 0 spiro atoms. The Morgan fingerprint density at radius 3 is 3.36 bits per heavy atom. The van der Waals surface area contributed by atoms with E-state index in [0.717, 1.165) is 18.8 Å². The molecule has 0 amide bonds. The van der Waals surface area contributed by atoms with E-state index in [2.05, 4.69) is 11.9 Å². The molecule has 3 nitrogen and oxygen atoms in total. The number of nitrogens with zero attached hydrogens (tertiary/aromatic N) is 2. The fourth-order valence-corrected chi connectivity index (χ4v) is 1.67.